The average Bonchev–Trinajstić information content (AvgIpc) is 3.07. The number of likely N-dealkylation sites (N-methyl/N-ethyl adjacent to an activating group) is 1. The lowest BCUT2D eigenvalue weighted by Crippen LogP contribution is -2.45. The van der Waals surface area contributed by atoms with E-state index >= 15 is 0 Å². The topological polar surface area (TPSA) is 108 Å². The molecule has 0 spiro atoms. The fourth-order valence-corrected chi connectivity index (χ4v) is 5.72. The third-order valence-electron chi connectivity index (χ3n) is 8.17. The third kappa shape index (κ3) is 36.1. The number of phosphoric acid groups is 1. The molecule has 1 amide bonds. The molecule has 0 aliphatic rings. The number of unbranched alkanes of at least 4 members (excludes halogenated alkanes) is 11. The molecule has 0 saturated carbocycles. The minimum Gasteiger partial charge on any atom is -0.756 e. The number of nitrogens with zero attached hydrogens (tertiary/aromatic N) is 1. The van der Waals surface area contributed by atoms with Crippen LogP contribution >= 0.6 is 7.82 Å². The Morgan fingerprint density at radius 3 is 1.75 bits per heavy atom. The first-order chi connectivity index (χ1) is 24.5. The molecule has 0 rings (SSSR count). The van der Waals surface area contributed by atoms with Gasteiger partial charge in [-0.3, -0.25) is 9.36 Å². The van der Waals surface area contributed by atoms with E-state index in [2.05, 4.69) is 79.9 Å². The monoisotopic (exact) mass is 735 g/mol. The first kappa shape index (κ1) is 48.9. The number of nitrogens with one attached hydrogen (secondary N) is 1. The maximum absolute atomic E-state index is 12.7. The second-order valence-electron chi connectivity index (χ2n) is 14.3. The fraction of sp³-hybridized carbons (Fsp3) is 0.690. The van der Waals surface area contributed by atoms with E-state index in [1.807, 2.05) is 27.2 Å². The van der Waals surface area contributed by atoms with Crippen LogP contribution in [0.3, 0.4) is 0 Å². The van der Waals surface area contributed by atoms with Crippen LogP contribution in [0.15, 0.2) is 72.9 Å². The maximum Gasteiger partial charge on any atom is 0.268 e. The van der Waals surface area contributed by atoms with Crippen LogP contribution in [0.4, 0.5) is 0 Å². The summed E-state index contributed by atoms with van der Waals surface area (Å²) in [7, 11) is 1.23. The zero-order valence-corrected chi connectivity index (χ0v) is 33.9. The zero-order chi connectivity index (χ0) is 37.9. The summed E-state index contributed by atoms with van der Waals surface area (Å²) in [5, 5.41) is 13.6. The second kappa shape index (κ2) is 33.8. The van der Waals surface area contributed by atoms with Crippen LogP contribution in [0.25, 0.3) is 0 Å². The van der Waals surface area contributed by atoms with Gasteiger partial charge in [0.05, 0.1) is 39.9 Å². The molecule has 51 heavy (non-hydrogen) atoms. The summed E-state index contributed by atoms with van der Waals surface area (Å²) >= 11 is 0. The molecule has 3 atom stereocenters. The Morgan fingerprint density at radius 1 is 0.706 bits per heavy atom. The zero-order valence-electron chi connectivity index (χ0n) is 33.0. The fourth-order valence-electron chi connectivity index (χ4n) is 5.00. The average molecular weight is 735 g/mol. The molecule has 0 heterocycles. The molecule has 294 valence electrons. The van der Waals surface area contributed by atoms with Gasteiger partial charge in [0.2, 0.25) is 5.91 Å². The summed E-state index contributed by atoms with van der Waals surface area (Å²) in [4.78, 5) is 25.1. The van der Waals surface area contributed by atoms with Crippen molar-refractivity contribution < 1.29 is 32.9 Å². The van der Waals surface area contributed by atoms with Gasteiger partial charge in [-0.15, -0.1) is 0 Å². The normalized spacial score (nSPS) is 15.4. The molecule has 0 aromatic rings. The number of amides is 1. The first-order valence-corrected chi connectivity index (χ1v) is 21.3. The van der Waals surface area contributed by atoms with E-state index in [-0.39, 0.29) is 12.5 Å². The highest BCUT2D eigenvalue weighted by molar-refractivity contribution is 7.45. The smallest absolute Gasteiger partial charge is 0.268 e. The van der Waals surface area contributed by atoms with Crippen LogP contribution in [-0.2, 0) is 18.4 Å². The van der Waals surface area contributed by atoms with E-state index in [0.717, 1.165) is 89.9 Å². The lowest BCUT2D eigenvalue weighted by atomic mass is 10.1. The Balaban J connectivity index is 4.25. The van der Waals surface area contributed by atoms with Crippen LogP contribution in [0.1, 0.15) is 136 Å². The number of carbonyl (C=O) groups is 1. The van der Waals surface area contributed by atoms with Gasteiger partial charge in [-0.05, 0) is 64.2 Å². The maximum atomic E-state index is 12.7. The predicted molar refractivity (Wildman–Crippen MR) is 214 cm³/mol. The Morgan fingerprint density at radius 2 is 1.20 bits per heavy atom. The molecule has 3 unspecified atom stereocenters. The van der Waals surface area contributed by atoms with E-state index < -0.39 is 26.6 Å². The summed E-state index contributed by atoms with van der Waals surface area (Å²) in [6, 6.07) is -0.892. The lowest BCUT2D eigenvalue weighted by Gasteiger charge is -2.29. The third-order valence-corrected chi connectivity index (χ3v) is 9.14. The number of carbonyl (C=O) groups excluding carboxylic acids is 1. The quantitative estimate of drug-likeness (QED) is 0.0295. The molecule has 2 N–H and O–H groups in total. The highest BCUT2D eigenvalue weighted by Crippen LogP contribution is 2.38. The van der Waals surface area contributed by atoms with E-state index in [9.17, 15) is 19.4 Å². The standard InChI is InChI=1S/C42H75N2O6P/c1-6-8-10-12-14-15-16-17-18-19-20-21-22-23-24-25-26-27-28-29-30-32-34-36-42(46)43-40(41(45)35-33-31-13-11-9-7-2)39-50-51(47,48)49-38-37-44(3,4)5/h8,10,14-15,17-18,20-21,23-24,33,35,40-41,45H,6-7,9,11-13,16,19,22,25-32,34,36-39H2,1-5H3,(H-,43,46,47,48)/b10-8-,15-14-,18-17-,21-20-,24-23-,35-33+. The van der Waals surface area contributed by atoms with Gasteiger partial charge < -0.3 is 28.8 Å². The van der Waals surface area contributed by atoms with Crippen LogP contribution in [0.5, 0.6) is 0 Å². The van der Waals surface area contributed by atoms with E-state index in [4.69, 9.17) is 9.05 Å². The van der Waals surface area contributed by atoms with Gasteiger partial charge in [-0.2, -0.15) is 0 Å². The van der Waals surface area contributed by atoms with E-state index in [1.54, 1.807) is 6.08 Å². The van der Waals surface area contributed by atoms with Crippen molar-refractivity contribution in [1.82, 2.24) is 5.32 Å². The molecule has 0 aromatic carbocycles. The molecule has 0 aliphatic heterocycles. The van der Waals surface area contributed by atoms with Gasteiger partial charge in [0.25, 0.3) is 7.82 Å². The SMILES string of the molecule is CC/C=C\C/C=C\C/C=C\C/C=C\C/C=C\CCCCCCCCCC(=O)NC(COP(=O)([O-])OCC[N+](C)(C)C)C(O)/C=C/CCCCCC. The molecule has 0 aromatic heterocycles. The largest absolute Gasteiger partial charge is 0.756 e. The van der Waals surface area contributed by atoms with Crippen LogP contribution < -0.4 is 10.2 Å². The summed E-state index contributed by atoms with van der Waals surface area (Å²) in [6.45, 7) is 4.40. The van der Waals surface area contributed by atoms with Gasteiger partial charge >= 0.3 is 0 Å². The summed E-state index contributed by atoms with van der Waals surface area (Å²) < 4.78 is 23.0. The second-order valence-corrected chi connectivity index (χ2v) is 15.7. The van der Waals surface area contributed by atoms with Gasteiger partial charge in [0, 0.05) is 6.42 Å². The van der Waals surface area contributed by atoms with Gasteiger partial charge in [0.15, 0.2) is 0 Å². The van der Waals surface area contributed by atoms with Gasteiger partial charge in [-0.25, -0.2) is 0 Å². The number of phosphoric ester groups is 1. The van der Waals surface area contributed by atoms with E-state index in [0.29, 0.717) is 17.4 Å². The molecule has 0 saturated heterocycles. The Labute approximate surface area is 313 Å². The van der Waals surface area contributed by atoms with Gasteiger partial charge in [0.1, 0.15) is 13.2 Å². The number of hydrogen-bond donors (Lipinski definition) is 2. The summed E-state index contributed by atoms with van der Waals surface area (Å²) in [5.74, 6) is -0.220. The minimum absolute atomic E-state index is 0.00811. The molecule has 0 fully saturated rings. The first-order valence-electron chi connectivity index (χ1n) is 19.8. The summed E-state index contributed by atoms with van der Waals surface area (Å²) in [6.07, 6.45) is 44.0. The number of hydrogen-bond acceptors (Lipinski definition) is 6. The molecular weight excluding hydrogens is 659 g/mol. The minimum atomic E-state index is -4.58. The number of allylic oxidation sites excluding steroid dienone is 11. The Hall–Kier alpha value is -2.06. The van der Waals surface area contributed by atoms with E-state index in [1.165, 1.54) is 25.7 Å². The lowest BCUT2D eigenvalue weighted by molar-refractivity contribution is -0.870. The van der Waals surface area contributed by atoms with Crippen molar-refractivity contribution in [3.05, 3.63) is 72.9 Å². The summed E-state index contributed by atoms with van der Waals surface area (Å²) in [5.41, 5.74) is 0. The van der Waals surface area contributed by atoms with Gasteiger partial charge in [-0.1, -0.05) is 138 Å². The van der Waals surface area contributed by atoms with Crippen molar-refractivity contribution >= 4 is 13.7 Å². The Bertz CT molecular complexity index is 1060. The van der Waals surface area contributed by atoms with Crippen molar-refractivity contribution in [2.75, 3.05) is 40.9 Å². The van der Waals surface area contributed by atoms with Crippen LogP contribution in [0, 0.1) is 0 Å². The van der Waals surface area contributed by atoms with Crippen molar-refractivity contribution in [2.45, 2.75) is 148 Å². The van der Waals surface area contributed by atoms with Crippen molar-refractivity contribution in [3.8, 4) is 0 Å². The van der Waals surface area contributed by atoms with Crippen LogP contribution in [-0.4, -0.2) is 68.5 Å². The number of rotatable bonds is 34. The Kier molecular flexibility index (Phi) is 32.4. The van der Waals surface area contributed by atoms with Crippen molar-refractivity contribution in [3.63, 3.8) is 0 Å². The highest BCUT2D eigenvalue weighted by Gasteiger charge is 2.23. The number of aliphatic hydroxyl groups excluding tert-OH is 1. The van der Waals surface area contributed by atoms with Crippen LogP contribution in [0.2, 0.25) is 0 Å². The molecular formula is C42H75N2O6P. The molecule has 8 nitrogen and oxygen atoms in total. The molecule has 0 bridgehead atoms. The van der Waals surface area contributed by atoms with Crippen molar-refractivity contribution in [2.24, 2.45) is 0 Å². The molecule has 0 radical (unpaired) electrons. The molecule has 0 aliphatic carbocycles. The number of aliphatic hydroxyl groups is 1. The molecule has 9 heteroatoms. The van der Waals surface area contributed by atoms with Crippen molar-refractivity contribution in [1.29, 1.82) is 0 Å². The predicted octanol–water partition coefficient (Wildman–Crippen LogP) is 9.83. The highest BCUT2D eigenvalue weighted by atomic mass is 31.2. The number of quaternary nitrogens is 1.